The average Bonchev–Trinajstić information content (AvgIpc) is 2.81. The molecule has 1 unspecified atom stereocenters. The Kier molecular flexibility index (Phi) is 5.93. The van der Waals surface area contributed by atoms with Gasteiger partial charge < -0.3 is 20.1 Å². The second kappa shape index (κ2) is 7.24. The fraction of sp³-hybridized carbons (Fsp3) is 0.818. The third kappa shape index (κ3) is 4.70. The summed E-state index contributed by atoms with van der Waals surface area (Å²) in [6, 6.07) is -0.744. The maximum absolute atomic E-state index is 11.7. The first kappa shape index (κ1) is 13.9. The number of nitrogens with one attached hydrogen (secondary N) is 1. The number of hydrogen-bond acceptors (Lipinski definition) is 4. The van der Waals surface area contributed by atoms with Gasteiger partial charge in [0.05, 0.1) is 6.61 Å². The van der Waals surface area contributed by atoms with Crippen molar-refractivity contribution in [1.82, 2.24) is 10.2 Å². The maximum Gasteiger partial charge on any atom is 0.323 e. The standard InChI is InChI=1S/C11H20N2O4/c1-17-8-9(11(15)16)12-5-4-10(14)13-6-2-3-7-13/h9,12H,2-8H2,1H3,(H,15,16). The molecule has 1 aliphatic rings. The van der Waals surface area contributed by atoms with Crippen molar-refractivity contribution in [1.29, 1.82) is 0 Å². The number of carboxylic acid groups (broad SMARTS) is 1. The summed E-state index contributed by atoms with van der Waals surface area (Å²) in [5, 5.41) is 11.6. The number of hydrogen-bond donors (Lipinski definition) is 2. The molecular weight excluding hydrogens is 224 g/mol. The molecule has 0 aromatic heterocycles. The molecule has 0 radical (unpaired) electrons. The minimum Gasteiger partial charge on any atom is -0.480 e. The van der Waals surface area contributed by atoms with E-state index in [2.05, 4.69) is 5.32 Å². The van der Waals surface area contributed by atoms with Gasteiger partial charge in [0.1, 0.15) is 6.04 Å². The van der Waals surface area contributed by atoms with Crippen LogP contribution in [0.25, 0.3) is 0 Å². The number of likely N-dealkylation sites (tertiary alicyclic amines) is 1. The molecule has 17 heavy (non-hydrogen) atoms. The Balaban J connectivity index is 2.20. The van der Waals surface area contributed by atoms with E-state index in [1.807, 2.05) is 4.90 Å². The summed E-state index contributed by atoms with van der Waals surface area (Å²) < 4.78 is 4.78. The van der Waals surface area contributed by atoms with Crippen LogP contribution in [-0.4, -0.2) is 61.3 Å². The average molecular weight is 244 g/mol. The van der Waals surface area contributed by atoms with Crippen LogP contribution in [0.5, 0.6) is 0 Å². The number of methoxy groups -OCH3 is 1. The zero-order valence-corrected chi connectivity index (χ0v) is 10.1. The first-order valence-electron chi connectivity index (χ1n) is 5.88. The Morgan fingerprint density at radius 2 is 2.06 bits per heavy atom. The van der Waals surface area contributed by atoms with Gasteiger partial charge in [0.25, 0.3) is 0 Å². The molecule has 1 fully saturated rings. The van der Waals surface area contributed by atoms with E-state index in [0.717, 1.165) is 25.9 Å². The van der Waals surface area contributed by atoms with Crippen LogP contribution >= 0.6 is 0 Å². The molecule has 98 valence electrons. The van der Waals surface area contributed by atoms with Crippen molar-refractivity contribution in [2.45, 2.75) is 25.3 Å². The normalized spacial score (nSPS) is 17.1. The van der Waals surface area contributed by atoms with E-state index < -0.39 is 12.0 Å². The molecule has 0 saturated carbocycles. The summed E-state index contributed by atoms with van der Waals surface area (Å²) in [6.45, 7) is 2.14. The van der Waals surface area contributed by atoms with E-state index in [9.17, 15) is 9.59 Å². The fourth-order valence-electron chi connectivity index (χ4n) is 1.86. The third-order valence-corrected chi connectivity index (χ3v) is 2.82. The summed E-state index contributed by atoms with van der Waals surface area (Å²) in [5.41, 5.74) is 0. The minimum atomic E-state index is -0.958. The largest absolute Gasteiger partial charge is 0.480 e. The fourth-order valence-corrected chi connectivity index (χ4v) is 1.86. The maximum atomic E-state index is 11.7. The first-order valence-corrected chi connectivity index (χ1v) is 5.88. The molecule has 0 spiro atoms. The molecule has 1 heterocycles. The van der Waals surface area contributed by atoms with Crippen LogP contribution in [0.15, 0.2) is 0 Å². The Morgan fingerprint density at radius 1 is 1.41 bits per heavy atom. The number of nitrogens with zero attached hydrogens (tertiary/aromatic N) is 1. The molecule has 6 nitrogen and oxygen atoms in total. The quantitative estimate of drug-likeness (QED) is 0.642. The van der Waals surface area contributed by atoms with Crippen LogP contribution in [-0.2, 0) is 14.3 Å². The van der Waals surface area contributed by atoms with E-state index in [-0.39, 0.29) is 12.5 Å². The molecule has 1 amide bonds. The zero-order valence-electron chi connectivity index (χ0n) is 10.1. The smallest absolute Gasteiger partial charge is 0.323 e. The summed E-state index contributed by atoms with van der Waals surface area (Å²) in [5.74, 6) is -0.864. The minimum absolute atomic E-state index is 0.0940. The van der Waals surface area contributed by atoms with Crippen LogP contribution in [0.3, 0.4) is 0 Å². The molecule has 1 atom stereocenters. The lowest BCUT2D eigenvalue weighted by atomic mass is 10.3. The molecule has 0 aromatic carbocycles. The van der Waals surface area contributed by atoms with Crippen molar-refractivity contribution in [2.24, 2.45) is 0 Å². The number of carbonyl (C=O) groups is 2. The molecule has 1 aliphatic heterocycles. The predicted octanol–water partition coefficient (Wildman–Crippen LogP) is -0.312. The van der Waals surface area contributed by atoms with Gasteiger partial charge in [-0.05, 0) is 12.8 Å². The number of aliphatic carboxylic acids is 1. The van der Waals surface area contributed by atoms with Crippen molar-refractivity contribution in [3.8, 4) is 0 Å². The van der Waals surface area contributed by atoms with Gasteiger partial charge in [-0.3, -0.25) is 9.59 Å². The molecule has 2 N–H and O–H groups in total. The summed E-state index contributed by atoms with van der Waals surface area (Å²) >= 11 is 0. The second-order valence-corrected chi connectivity index (χ2v) is 4.14. The Bertz CT molecular complexity index is 264. The van der Waals surface area contributed by atoms with Crippen molar-refractivity contribution >= 4 is 11.9 Å². The summed E-state index contributed by atoms with van der Waals surface area (Å²) in [7, 11) is 1.45. The van der Waals surface area contributed by atoms with E-state index in [4.69, 9.17) is 9.84 Å². The zero-order chi connectivity index (χ0) is 12.7. The van der Waals surface area contributed by atoms with Crippen LogP contribution < -0.4 is 5.32 Å². The van der Waals surface area contributed by atoms with Gasteiger partial charge in [0, 0.05) is 33.2 Å². The van der Waals surface area contributed by atoms with Gasteiger partial charge in [-0.15, -0.1) is 0 Å². The number of amides is 1. The van der Waals surface area contributed by atoms with Gasteiger partial charge in [-0.1, -0.05) is 0 Å². The highest BCUT2D eigenvalue weighted by Crippen LogP contribution is 2.08. The van der Waals surface area contributed by atoms with Crippen molar-refractivity contribution in [2.75, 3.05) is 33.4 Å². The highest BCUT2D eigenvalue weighted by molar-refractivity contribution is 5.77. The van der Waals surface area contributed by atoms with Gasteiger partial charge in [0.2, 0.25) is 5.91 Å². The molecular formula is C11H20N2O4. The molecule has 1 saturated heterocycles. The van der Waals surface area contributed by atoms with E-state index >= 15 is 0 Å². The summed E-state index contributed by atoms with van der Waals surface area (Å²) in [6.07, 6.45) is 2.48. The van der Waals surface area contributed by atoms with Crippen LogP contribution in [0.1, 0.15) is 19.3 Å². The van der Waals surface area contributed by atoms with Gasteiger partial charge in [-0.25, -0.2) is 0 Å². The lowest BCUT2D eigenvalue weighted by Gasteiger charge is -2.17. The molecule has 0 aliphatic carbocycles. The molecule has 6 heteroatoms. The Hall–Kier alpha value is -1.14. The molecule has 0 aromatic rings. The third-order valence-electron chi connectivity index (χ3n) is 2.82. The van der Waals surface area contributed by atoms with Gasteiger partial charge in [0.15, 0.2) is 0 Å². The Morgan fingerprint density at radius 3 is 2.59 bits per heavy atom. The first-order chi connectivity index (χ1) is 8.15. The summed E-state index contributed by atoms with van der Waals surface area (Å²) in [4.78, 5) is 24.3. The van der Waals surface area contributed by atoms with Crippen molar-refractivity contribution in [3.05, 3.63) is 0 Å². The SMILES string of the molecule is COCC(NCCC(=O)N1CCCC1)C(=O)O. The lowest BCUT2D eigenvalue weighted by Crippen LogP contribution is -2.42. The van der Waals surface area contributed by atoms with E-state index in [1.165, 1.54) is 7.11 Å². The van der Waals surface area contributed by atoms with Crippen molar-refractivity contribution < 1.29 is 19.4 Å². The molecule has 1 rings (SSSR count). The van der Waals surface area contributed by atoms with Crippen molar-refractivity contribution in [3.63, 3.8) is 0 Å². The second-order valence-electron chi connectivity index (χ2n) is 4.14. The Labute approximate surface area is 101 Å². The van der Waals surface area contributed by atoms with Crippen LogP contribution in [0.4, 0.5) is 0 Å². The van der Waals surface area contributed by atoms with E-state index in [1.54, 1.807) is 0 Å². The molecule has 0 bridgehead atoms. The number of rotatable bonds is 7. The number of carbonyl (C=O) groups excluding carboxylic acids is 1. The van der Waals surface area contributed by atoms with Crippen LogP contribution in [0.2, 0.25) is 0 Å². The monoisotopic (exact) mass is 244 g/mol. The highest BCUT2D eigenvalue weighted by atomic mass is 16.5. The highest BCUT2D eigenvalue weighted by Gasteiger charge is 2.19. The van der Waals surface area contributed by atoms with E-state index in [0.29, 0.717) is 13.0 Å². The van der Waals surface area contributed by atoms with Gasteiger partial charge in [-0.2, -0.15) is 0 Å². The lowest BCUT2D eigenvalue weighted by molar-refractivity contribution is -0.141. The number of carboxylic acids is 1. The van der Waals surface area contributed by atoms with Crippen LogP contribution in [0, 0.1) is 0 Å². The topological polar surface area (TPSA) is 78.9 Å². The van der Waals surface area contributed by atoms with Gasteiger partial charge >= 0.3 is 5.97 Å². The predicted molar refractivity (Wildman–Crippen MR) is 61.7 cm³/mol. The number of ether oxygens (including phenoxy) is 1.